The standard InChI is InChI=1S/C16H23N3O/c1-12(19-9-7-17-8-10-19)16(20)18-15-11-14(15)13-5-3-2-4-6-13/h2-6,12,14-15,17H,7-11H2,1H3,(H,18,20). The van der Waals surface area contributed by atoms with Gasteiger partial charge in [-0.2, -0.15) is 0 Å². The van der Waals surface area contributed by atoms with Crippen molar-refractivity contribution in [2.24, 2.45) is 0 Å². The number of amides is 1. The third-order valence-corrected chi connectivity index (χ3v) is 4.42. The van der Waals surface area contributed by atoms with Crippen LogP contribution < -0.4 is 10.6 Å². The highest BCUT2D eigenvalue weighted by Crippen LogP contribution is 2.40. The summed E-state index contributed by atoms with van der Waals surface area (Å²) in [6.45, 7) is 5.89. The second-order valence-electron chi connectivity index (χ2n) is 5.83. The molecule has 1 aromatic rings. The van der Waals surface area contributed by atoms with E-state index in [2.05, 4.69) is 39.8 Å². The van der Waals surface area contributed by atoms with Crippen molar-refractivity contribution in [2.45, 2.75) is 31.3 Å². The number of piperazine rings is 1. The fourth-order valence-electron chi connectivity index (χ4n) is 2.96. The fraction of sp³-hybridized carbons (Fsp3) is 0.562. The van der Waals surface area contributed by atoms with E-state index in [9.17, 15) is 4.79 Å². The van der Waals surface area contributed by atoms with E-state index in [4.69, 9.17) is 0 Å². The van der Waals surface area contributed by atoms with Crippen molar-refractivity contribution in [1.82, 2.24) is 15.5 Å². The first-order chi connectivity index (χ1) is 9.75. The Kier molecular flexibility index (Phi) is 4.03. The minimum absolute atomic E-state index is 0.0193. The zero-order valence-electron chi connectivity index (χ0n) is 12.0. The Morgan fingerprint density at radius 1 is 1.30 bits per heavy atom. The molecule has 4 heteroatoms. The summed E-state index contributed by atoms with van der Waals surface area (Å²) < 4.78 is 0. The third kappa shape index (κ3) is 3.02. The van der Waals surface area contributed by atoms with E-state index in [0.29, 0.717) is 12.0 Å². The van der Waals surface area contributed by atoms with E-state index in [1.54, 1.807) is 0 Å². The number of carbonyl (C=O) groups is 1. The van der Waals surface area contributed by atoms with Crippen molar-refractivity contribution in [1.29, 1.82) is 0 Å². The summed E-state index contributed by atoms with van der Waals surface area (Å²) in [7, 11) is 0. The van der Waals surface area contributed by atoms with Crippen LogP contribution in [0.25, 0.3) is 0 Å². The number of hydrogen-bond acceptors (Lipinski definition) is 3. The Balaban J connectivity index is 1.50. The molecule has 1 heterocycles. The number of rotatable bonds is 4. The minimum atomic E-state index is -0.0193. The van der Waals surface area contributed by atoms with E-state index in [0.717, 1.165) is 32.6 Å². The molecule has 1 saturated carbocycles. The fourth-order valence-corrected chi connectivity index (χ4v) is 2.96. The molecular weight excluding hydrogens is 250 g/mol. The summed E-state index contributed by atoms with van der Waals surface area (Å²) in [5, 5.41) is 6.52. The minimum Gasteiger partial charge on any atom is -0.351 e. The van der Waals surface area contributed by atoms with Crippen molar-refractivity contribution >= 4 is 5.91 Å². The first-order valence-corrected chi connectivity index (χ1v) is 7.56. The molecule has 4 nitrogen and oxygen atoms in total. The second kappa shape index (κ2) is 5.94. The molecule has 3 unspecified atom stereocenters. The number of carbonyl (C=O) groups excluding carboxylic acids is 1. The topological polar surface area (TPSA) is 44.4 Å². The van der Waals surface area contributed by atoms with Gasteiger partial charge >= 0.3 is 0 Å². The predicted molar refractivity (Wildman–Crippen MR) is 79.6 cm³/mol. The normalized spacial score (nSPS) is 27.9. The van der Waals surface area contributed by atoms with Gasteiger partial charge in [-0.15, -0.1) is 0 Å². The smallest absolute Gasteiger partial charge is 0.237 e. The van der Waals surface area contributed by atoms with E-state index in [-0.39, 0.29) is 11.9 Å². The summed E-state index contributed by atoms with van der Waals surface area (Å²) in [4.78, 5) is 14.6. The van der Waals surface area contributed by atoms with Crippen LogP contribution in [0.1, 0.15) is 24.8 Å². The summed E-state index contributed by atoms with van der Waals surface area (Å²) >= 11 is 0. The molecule has 1 aromatic carbocycles. The largest absolute Gasteiger partial charge is 0.351 e. The van der Waals surface area contributed by atoms with Crippen molar-refractivity contribution in [2.75, 3.05) is 26.2 Å². The van der Waals surface area contributed by atoms with Gasteiger partial charge in [0.2, 0.25) is 5.91 Å². The van der Waals surface area contributed by atoms with Gasteiger partial charge in [0.05, 0.1) is 6.04 Å². The average molecular weight is 273 g/mol. The molecule has 1 aliphatic carbocycles. The quantitative estimate of drug-likeness (QED) is 0.858. The molecule has 3 atom stereocenters. The lowest BCUT2D eigenvalue weighted by Crippen LogP contribution is -2.53. The molecule has 108 valence electrons. The molecule has 2 aliphatic rings. The van der Waals surface area contributed by atoms with Gasteiger partial charge < -0.3 is 10.6 Å². The lowest BCUT2D eigenvalue weighted by atomic mass is 10.1. The van der Waals surface area contributed by atoms with Crippen molar-refractivity contribution in [3.8, 4) is 0 Å². The van der Waals surface area contributed by atoms with Gasteiger partial charge in [0.15, 0.2) is 0 Å². The van der Waals surface area contributed by atoms with Crippen LogP contribution in [0.5, 0.6) is 0 Å². The van der Waals surface area contributed by atoms with Gasteiger partial charge in [-0.25, -0.2) is 0 Å². The van der Waals surface area contributed by atoms with Gasteiger partial charge in [-0.1, -0.05) is 30.3 Å². The van der Waals surface area contributed by atoms with Gasteiger partial charge in [-0.3, -0.25) is 9.69 Å². The highest BCUT2D eigenvalue weighted by Gasteiger charge is 2.40. The molecule has 0 bridgehead atoms. The Morgan fingerprint density at radius 3 is 2.70 bits per heavy atom. The lowest BCUT2D eigenvalue weighted by Gasteiger charge is -2.31. The molecule has 0 radical (unpaired) electrons. The lowest BCUT2D eigenvalue weighted by molar-refractivity contribution is -0.126. The Morgan fingerprint density at radius 2 is 2.00 bits per heavy atom. The van der Waals surface area contributed by atoms with E-state index < -0.39 is 0 Å². The number of nitrogens with zero attached hydrogens (tertiary/aromatic N) is 1. The molecular formula is C16H23N3O. The number of nitrogens with one attached hydrogen (secondary N) is 2. The van der Waals surface area contributed by atoms with Crippen LogP contribution in [0.4, 0.5) is 0 Å². The third-order valence-electron chi connectivity index (χ3n) is 4.42. The maximum absolute atomic E-state index is 12.3. The van der Waals surface area contributed by atoms with E-state index in [1.807, 2.05) is 13.0 Å². The van der Waals surface area contributed by atoms with Gasteiger partial charge in [0.25, 0.3) is 0 Å². The van der Waals surface area contributed by atoms with E-state index >= 15 is 0 Å². The van der Waals surface area contributed by atoms with Crippen molar-refractivity contribution in [3.63, 3.8) is 0 Å². The highest BCUT2D eigenvalue weighted by atomic mass is 16.2. The van der Waals surface area contributed by atoms with E-state index in [1.165, 1.54) is 5.56 Å². The van der Waals surface area contributed by atoms with Gasteiger partial charge in [0.1, 0.15) is 0 Å². The average Bonchev–Trinajstić information content (AvgIpc) is 3.27. The zero-order chi connectivity index (χ0) is 13.9. The molecule has 3 rings (SSSR count). The summed E-state index contributed by atoms with van der Waals surface area (Å²) in [6, 6.07) is 10.8. The molecule has 1 saturated heterocycles. The van der Waals surface area contributed by atoms with Crippen LogP contribution in [-0.4, -0.2) is 49.1 Å². The van der Waals surface area contributed by atoms with Gasteiger partial charge in [0, 0.05) is 38.1 Å². The van der Waals surface area contributed by atoms with Crippen LogP contribution in [0.3, 0.4) is 0 Å². The molecule has 0 spiro atoms. The SMILES string of the molecule is CC(C(=O)NC1CC1c1ccccc1)N1CCNCC1. The van der Waals surface area contributed by atoms with Crippen LogP contribution in [-0.2, 0) is 4.79 Å². The molecule has 2 fully saturated rings. The predicted octanol–water partition coefficient (Wildman–Crippen LogP) is 0.952. The number of hydrogen-bond donors (Lipinski definition) is 2. The van der Waals surface area contributed by atoms with Crippen molar-refractivity contribution < 1.29 is 4.79 Å². The Hall–Kier alpha value is -1.39. The maximum Gasteiger partial charge on any atom is 0.237 e. The monoisotopic (exact) mass is 273 g/mol. The van der Waals surface area contributed by atoms with Crippen LogP contribution >= 0.6 is 0 Å². The van der Waals surface area contributed by atoms with Gasteiger partial charge in [-0.05, 0) is 18.9 Å². The second-order valence-corrected chi connectivity index (χ2v) is 5.83. The summed E-state index contributed by atoms with van der Waals surface area (Å²) in [5.74, 6) is 0.686. The Labute approximate surface area is 120 Å². The summed E-state index contributed by atoms with van der Waals surface area (Å²) in [5.41, 5.74) is 1.34. The molecule has 0 aromatic heterocycles. The van der Waals surface area contributed by atoms with Crippen LogP contribution in [0, 0.1) is 0 Å². The molecule has 20 heavy (non-hydrogen) atoms. The summed E-state index contributed by atoms with van der Waals surface area (Å²) in [6.07, 6.45) is 1.07. The van der Waals surface area contributed by atoms with Crippen LogP contribution in [0.15, 0.2) is 30.3 Å². The maximum atomic E-state index is 12.3. The first-order valence-electron chi connectivity index (χ1n) is 7.56. The molecule has 1 aliphatic heterocycles. The zero-order valence-corrected chi connectivity index (χ0v) is 12.0. The van der Waals surface area contributed by atoms with Crippen molar-refractivity contribution in [3.05, 3.63) is 35.9 Å². The van der Waals surface area contributed by atoms with Crippen LogP contribution in [0.2, 0.25) is 0 Å². The first kappa shape index (κ1) is 13.6. The molecule has 1 amide bonds. The highest BCUT2D eigenvalue weighted by molar-refractivity contribution is 5.82. The Bertz CT molecular complexity index is 456. The number of benzene rings is 1. The molecule has 2 N–H and O–H groups in total.